The van der Waals surface area contributed by atoms with Crippen molar-refractivity contribution in [3.8, 4) is 5.75 Å². The van der Waals surface area contributed by atoms with Crippen LogP contribution in [0.1, 0.15) is 29.8 Å². The van der Waals surface area contributed by atoms with Crippen molar-refractivity contribution in [2.24, 2.45) is 0 Å². The van der Waals surface area contributed by atoms with Crippen molar-refractivity contribution in [2.75, 3.05) is 11.5 Å². The van der Waals surface area contributed by atoms with E-state index in [1.807, 2.05) is 38.1 Å². The molecule has 0 saturated carbocycles. The van der Waals surface area contributed by atoms with Crippen molar-refractivity contribution >= 4 is 45.6 Å². The monoisotopic (exact) mass is 486 g/mol. The third-order valence-corrected chi connectivity index (χ3v) is 6.46. The fourth-order valence-electron chi connectivity index (χ4n) is 4.66. The molecule has 1 aliphatic rings. The molecule has 2 heterocycles. The molecule has 1 unspecified atom stereocenters. The predicted octanol–water partition coefficient (Wildman–Crippen LogP) is 6.15. The Kier molecular flexibility index (Phi) is 5.83. The van der Waals surface area contributed by atoms with Crippen LogP contribution in [0, 0.1) is 6.92 Å². The second-order valence-electron chi connectivity index (χ2n) is 8.31. The average Bonchev–Trinajstić information content (AvgIpc) is 3.32. The molecular weight excluding hydrogens is 464 g/mol. The first-order valence-corrected chi connectivity index (χ1v) is 11.7. The number of aromatic nitrogens is 1. The number of aromatic amines is 1. The minimum atomic E-state index is -0.834. The number of fused-ring (bicyclic) bond motifs is 1. The Morgan fingerprint density at radius 3 is 2.40 bits per heavy atom. The Morgan fingerprint density at radius 1 is 1.03 bits per heavy atom. The quantitative estimate of drug-likeness (QED) is 0.201. The van der Waals surface area contributed by atoms with Crippen molar-refractivity contribution < 1.29 is 19.4 Å². The van der Waals surface area contributed by atoms with E-state index in [0.29, 0.717) is 28.6 Å². The molecule has 0 radical (unpaired) electrons. The number of nitrogens with one attached hydrogen (secondary N) is 1. The molecule has 7 heteroatoms. The smallest absolute Gasteiger partial charge is 0.300 e. The minimum Gasteiger partial charge on any atom is -0.507 e. The fourth-order valence-corrected chi connectivity index (χ4v) is 4.78. The Hall–Kier alpha value is -4.03. The van der Waals surface area contributed by atoms with E-state index in [2.05, 4.69) is 4.98 Å². The Labute approximate surface area is 207 Å². The fraction of sp³-hybridized carbons (Fsp3) is 0.143. The van der Waals surface area contributed by atoms with E-state index in [-0.39, 0.29) is 11.3 Å². The average molecular weight is 487 g/mol. The molecule has 1 fully saturated rings. The first kappa shape index (κ1) is 22.7. The zero-order chi connectivity index (χ0) is 24.7. The van der Waals surface area contributed by atoms with E-state index in [9.17, 15) is 14.7 Å². The number of benzene rings is 3. The molecule has 1 aromatic heterocycles. The molecule has 1 atom stereocenters. The summed E-state index contributed by atoms with van der Waals surface area (Å²) in [6, 6.07) is 20.4. The van der Waals surface area contributed by atoms with Gasteiger partial charge in [0.2, 0.25) is 0 Å². The largest absolute Gasteiger partial charge is 0.507 e. The van der Waals surface area contributed by atoms with Gasteiger partial charge in [0.05, 0.1) is 18.2 Å². The van der Waals surface area contributed by atoms with E-state index in [4.69, 9.17) is 16.3 Å². The number of nitrogens with zero attached hydrogens (tertiary/aromatic N) is 1. The summed E-state index contributed by atoms with van der Waals surface area (Å²) in [6.45, 7) is 4.29. The summed E-state index contributed by atoms with van der Waals surface area (Å²) in [5, 5.41) is 12.8. The highest BCUT2D eigenvalue weighted by Crippen LogP contribution is 2.45. The summed E-state index contributed by atoms with van der Waals surface area (Å²) >= 11 is 6.08. The number of carbonyl (C=O) groups is 2. The molecule has 1 amide bonds. The van der Waals surface area contributed by atoms with Crippen LogP contribution in [0.3, 0.4) is 0 Å². The number of ketones is 1. The maximum absolute atomic E-state index is 13.4. The van der Waals surface area contributed by atoms with E-state index in [0.717, 1.165) is 22.2 Å². The highest BCUT2D eigenvalue weighted by molar-refractivity contribution is 6.52. The molecule has 6 nitrogen and oxygen atoms in total. The molecule has 0 spiro atoms. The first-order chi connectivity index (χ1) is 16.9. The highest BCUT2D eigenvalue weighted by atomic mass is 35.5. The van der Waals surface area contributed by atoms with Crippen molar-refractivity contribution in [1.82, 2.24) is 4.98 Å². The van der Waals surface area contributed by atoms with Crippen molar-refractivity contribution in [1.29, 1.82) is 0 Å². The van der Waals surface area contributed by atoms with Gasteiger partial charge < -0.3 is 14.8 Å². The van der Waals surface area contributed by atoms with Crippen molar-refractivity contribution in [3.05, 3.63) is 100 Å². The van der Waals surface area contributed by atoms with Crippen LogP contribution in [0.15, 0.2) is 78.4 Å². The normalized spacial score (nSPS) is 17.3. The number of aliphatic hydroxyl groups is 1. The molecule has 5 rings (SSSR count). The Balaban J connectivity index is 1.75. The lowest BCUT2D eigenvalue weighted by atomic mass is 9.93. The van der Waals surface area contributed by atoms with Gasteiger partial charge in [-0.15, -0.1) is 0 Å². The van der Waals surface area contributed by atoms with Crippen molar-refractivity contribution in [3.63, 3.8) is 0 Å². The number of carbonyl (C=O) groups excluding carboxylic acids is 2. The van der Waals surface area contributed by atoms with Crippen LogP contribution in [0.4, 0.5) is 5.69 Å². The van der Waals surface area contributed by atoms with Crippen LogP contribution < -0.4 is 9.64 Å². The Morgan fingerprint density at radius 2 is 1.71 bits per heavy atom. The van der Waals surface area contributed by atoms with Crippen LogP contribution in [0.5, 0.6) is 5.75 Å². The summed E-state index contributed by atoms with van der Waals surface area (Å²) in [6.07, 6.45) is 0. The van der Waals surface area contributed by atoms with Crippen LogP contribution in [-0.4, -0.2) is 28.4 Å². The third kappa shape index (κ3) is 3.86. The van der Waals surface area contributed by atoms with Gasteiger partial charge in [-0.1, -0.05) is 29.8 Å². The van der Waals surface area contributed by atoms with Crippen molar-refractivity contribution in [2.45, 2.75) is 19.9 Å². The van der Waals surface area contributed by atoms with Gasteiger partial charge in [0.25, 0.3) is 11.7 Å². The molecule has 2 N–H and O–H groups in total. The summed E-state index contributed by atoms with van der Waals surface area (Å²) in [5.74, 6) is -1.05. The molecule has 4 aromatic rings. The number of aliphatic hydroxyl groups excluding tert-OH is 1. The maximum Gasteiger partial charge on any atom is 0.300 e. The number of halogens is 1. The zero-order valence-electron chi connectivity index (χ0n) is 19.2. The number of aryl methyl sites for hydroxylation is 1. The molecule has 1 saturated heterocycles. The van der Waals surface area contributed by atoms with Crippen LogP contribution in [0.25, 0.3) is 16.7 Å². The molecule has 35 heavy (non-hydrogen) atoms. The second kappa shape index (κ2) is 8.96. The van der Waals surface area contributed by atoms with E-state index in [1.54, 1.807) is 48.5 Å². The van der Waals surface area contributed by atoms with E-state index in [1.165, 1.54) is 4.90 Å². The summed E-state index contributed by atoms with van der Waals surface area (Å²) in [7, 11) is 0. The lowest BCUT2D eigenvalue weighted by Crippen LogP contribution is -2.29. The number of hydrogen-bond donors (Lipinski definition) is 2. The molecule has 1 aliphatic heterocycles. The van der Waals surface area contributed by atoms with Gasteiger partial charge in [0.1, 0.15) is 11.5 Å². The van der Waals surface area contributed by atoms with E-state index < -0.39 is 17.7 Å². The molecule has 176 valence electrons. The number of anilines is 1. The molecule has 0 bridgehead atoms. The number of Topliss-reactive ketones (excluding diaryl/α,β-unsaturated/α-hetero) is 1. The lowest BCUT2D eigenvalue weighted by molar-refractivity contribution is -0.132. The topological polar surface area (TPSA) is 82.6 Å². The van der Waals surface area contributed by atoms with Crippen LogP contribution in [-0.2, 0) is 9.59 Å². The number of para-hydroxylation sites is 1. The summed E-state index contributed by atoms with van der Waals surface area (Å²) in [4.78, 5) is 31.6. The standard InChI is InChI=1S/C28H23ClN2O4/c1-3-35-20-14-8-17(9-15-20)26(32)24-25(23-16(2)30-22-7-5-4-6-21(22)23)31(28(34)27(24)33)19-12-10-18(29)11-13-19/h4-15,25,30,32H,3H2,1-2H3/b26-24+. The highest BCUT2D eigenvalue weighted by Gasteiger charge is 2.48. The van der Waals surface area contributed by atoms with Gasteiger partial charge in [-0.3, -0.25) is 14.5 Å². The van der Waals surface area contributed by atoms with Crippen LogP contribution >= 0.6 is 11.6 Å². The maximum atomic E-state index is 13.4. The SMILES string of the molecule is CCOc1ccc(/C(O)=C2\C(=O)C(=O)N(c3ccc(Cl)cc3)C2c2c(C)[nH]c3ccccc23)cc1. The number of ether oxygens (including phenoxy) is 1. The zero-order valence-corrected chi connectivity index (χ0v) is 20.0. The van der Waals surface area contributed by atoms with Gasteiger partial charge in [0, 0.05) is 38.4 Å². The number of hydrogen-bond acceptors (Lipinski definition) is 4. The van der Waals surface area contributed by atoms with E-state index >= 15 is 0 Å². The lowest BCUT2D eigenvalue weighted by Gasteiger charge is -2.26. The minimum absolute atomic E-state index is 0.0296. The number of H-pyrrole nitrogens is 1. The number of rotatable bonds is 5. The predicted molar refractivity (Wildman–Crippen MR) is 137 cm³/mol. The van der Waals surface area contributed by atoms with Crippen LogP contribution in [0.2, 0.25) is 5.02 Å². The first-order valence-electron chi connectivity index (χ1n) is 11.3. The molecule has 0 aliphatic carbocycles. The van der Waals surface area contributed by atoms with Gasteiger partial charge in [-0.05, 0) is 68.4 Å². The summed E-state index contributed by atoms with van der Waals surface area (Å²) < 4.78 is 5.49. The molecule has 3 aromatic carbocycles. The van der Waals surface area contributed by atoms with Gasteiger partial charge in [-0.25, -0.2) is 0 Å². The van der Waals surface area contributed by atoms with Gasteiger partial charge >= 0.3 is 0 Å². The third-order valence-electron chi connectivity index (χ3n) is 6.20. The van der Waals surface area contributed by atoms with Gasteiger partial charge in [-0.2, -0.15) is 0 Å². The summed E-state index contributed by atoms with van der Waals surface area (Å²) in [5.41, 5.74) is 3.39. The Bertz CT molecular complexity index is 1470. The number of amides is 1. The second-order valence-corrected chi connectivity index (χ2v) is 8.75. The molecular formula is C28H23ClN2O4. The van der Waals surface area contributed by atoms with Gasteiger partial charge in [0.15, 0.2) is 0 Å².